The van der Waals surface area contributed by atoms with Crippen molar-refractivity contribution in [3.05, 3.63) is 59.1 Å². The fraction of sp³-hybridized carbons (Fsp3) is 0. The van der Waals surface area contributed by atoms with Crippen molar-refractivity contribution in [2.75, 3.05) is 0 Å². The van der Waals surface area contributed by atoms with Gasteiger partial charge in [-0.2, -0.15) is 0 Å². The lowest BCUT2D eigenvalue weighted by Gasteiger charge is -2.14. The van der Waals surface area contributed by atoms with Crippen molar-refractivity contribution in [2.45, 2.75) is 0 Å². The Morgan fingerprint density at radius 2 is 1.15 bits per heavy atom. The number of phenols is 5. The smallest absolute Gasteiger partial charge is 0.201 e. The minimum atomic E-state index is -0.632. The Morgan fingerprint density at radius 3 is 1.79 bits per heavy atom. The molecule has 162 valence electrons. The molecule has 9 heteroatoms. The molecule has 0 atom stereocenters. The second-order valence-corrected chi connectivity index (χ2v) is 8.80. The average Bonchev–Trinajstić information content (AvgIpc) is 3.20. The van der Waals surface area contributed by atoms with Crippen molar-refractivity contribution in [1.29, 1.82) is 0 Å². The summed E-state index contributed by atoms with van der Waals surface area (Å²) in [5.41, 5.74) is 4.19. The summed E-state index contributed by atoms with van der Waals surface area (Å²) in [7, 11) is 3.27. The van der Waals surface area contributed by atoms with Crippen LogP contribution in [0.5, 0.6) is 28.7 Å². The summed E-state index contributed by atoms with van der Waals surface area (Å²) < 4.78 is 1.93. The van der Waals surface area contributed by atoms with E-state index < -0.39 is 17.2 Å². The number of phenolic OH excluding ortho intramolecular Hbond substituents is 5. The predicted octanol–water partition coefficient (Wildman–Crippen LogP) is 2.26. The SMILES string of the molecule is Bc1c(O)c(O)c(O)c2c1c1c(Br)c(O)c(O)c(B)c1n2-c1ccc(-c2ccccc2)cc1. The standard InChI is InChI=1S/C24H18B2BrNO5/c25-15-13-14-17(27)22(31)21(30)16(26)18(14)28(19(13)23(32)24(33)20(15)29)12-8-6-11(7-9-12)10-4-2-1-3-5-10/h1-9,29-33H,25-26H2. The number of benzene rings is 4. The quantitative estimate of drug-likeness (QED) is 0.188. The zero-order valence-electron chi connectivity index (χ0n) is 17.8. The van der Waals surface area contributed by atoms with Crippen LogP contribution in [-0.2, 0) is 0 Å². The van der Waals surface area contributed by atoms with E-state index in [4.69, 9.17) is 0 Å². The normalized spacial score (nSPS) is 11.4. The lowest BCUT2D eigenvalue weighted by Crippen LogP contribution is -2.10. The number of hydrogen-bond acceptors (Lipinski definition) is 5. The first-order valence-electron chi connectivity index (χ1n) is 10.2. The van der Waals surface area contributed by atoms with Crippen LogP contribution < -0.4 is 10.9 Å². The highest BCUT2D eigenvalue weighted by atomic mass is 79.9. The van der Waals surface area contributed by atoms with Gasteiger partial charge in [0.15, 0.2) is 23.0 Å². The number of fused-ring (bicyclic) bond motifs is 3. The van der Waals surface area contributed by atoms with Crippen molar-refractivity contribution in [3.8, 4) is 45.6 Å². The minimum absolute atomic E-state index is 0.220. The molecule has 1 heterocycles. The van der Waals surface area contributed by atoms with Gasteiger partial charge in [0.1, 0.15) is 15.7 Å². The Morgan fingerprint density at radius 1 is 0.576 bits per heavy atom. The Labute approximate surface area is 198 Å². The monoisotopic (exact) mass is 501 g/mol. The topological polar surface area (TPSA) is 106 Å². The third-order valence-electron chi connectivity index (χ3n) is 6.17. The molecule has 33 heavy (non-hydrogen) atoms. The molecule has 0 aliphatic carbocycles. The maximum Gasteiger partial charge on any atom is 0.201 e. The lowest BCUT2D eigenvalue weighted by molar-refractivity contribution is 0.372. The first-order chi connectivity index (χ1) is 15.7. The summed E-state index contributed by atoms with van der Waals surface area (Å²) in [5, 5.41) is 53.7. The zero-order chi connectivity index (χ0) is 23.6. The molecule has 0 bridgehead atoms. The molecule has 0 saturated heterocycles. The van der Waals surface area contributed by atoms with E-state index in [9.17, 15) is 25.5 Å². The molecule has 0 spiro atoms. The van der Waals surface area contributed by atoms with Gasteiger partial charge in [-0.1, -0.05) is 42.5 Å². The lowest BCUT2D eigenvalue weighted by atomic mass is 9.87. The van der Waals surface area contributed by atoms with E-state index in [1.165, 1.54) is 0 Å². The van der Waals surface area contributed by atoms with Crippen molar-refractivity contribution in [1.82, 2.24) is 4.57 Å². The third-order valence-corrected chi connectivity index (χ3v) is 6.94. The maximum absolute atomic E-state index is 10.9. The molecule has 6 nitrogen and oxygen atoms in total. The van der Waals surface area contributed by atoms with Crippen LogP contribution in [0.2, 0.25) is 0 Å². The van der Waals surface area contributed by atoms with Crippen molar-refractivity contribution >= 4 is 64.4 Å². The summed E-state index contributed by atoms with van der Waals surface area (Å²) in [6.45, 7) is 0. The number of halogens is 1. The van der Waals surface area contributed by atoms with Gasteiger partial charge in [0.25, 0.3) is 0 Å². The molecule has 0 radical (unpaired) electrons. The first-order valence-corrected chi connectivity index (χ1v) is 11.0. The number of aromatic nitrogens is 1. The van der Waals surface area contributed by atoms with Gasteiger partial charge in [-0.05, 0) is 50.1 Å². The van der Waals surface area contributed by atoms with Gasteiger partial charge in [0.2, 0.25) is 5.75 Å². The fourth-order valence-electron chi connectivity index (χ4n) is 4.45. The largest absolute Gasteiger partial charge is 0.505 e. The van der Waals surface area contributed by atoms with E-state index in [1.807, 2.05) is 54.6 Å². The Kier molecular flexibility index (Phi) is 4.76. The Hall–Kier alpha value is -3.71. The van der Waals surface area contributed by atoms with Crippen LogP contribution in [0.25, 0.3) is 38.6 Å². The molecule has 0 amide bonds. The molecule has 5 N–H and O–H groups in total. The van der Waals surface area contributed by atoms with E-state index in [2.05, 4.69) is 15.9 Å². The second-order valence-electron chi connectivity index (χ2n) is 8.00. The average molecular weight is 502 g/mol. The highest BCUT2D eigenvalue weighted by molar-refractivity contribution is 9.10. The fourth-order valence-corrected chi connectivity index (χ4v) is 5.03. The molecule has 1 aromatic heterocycles. The summed E-state index contributed by atoms with van der Waals surface area (Å²) in [6.07, 6.45) is 0. The van der Waals surface area contributed by atoms with Crippen LogP contribution in [0, 0.1) is 0 Å². The summed E-state index contributed by atoms with van der Waals surface area (Å²) in [5.74, 6) is -2.22. The molecule has 0 unspecified atom stereocenters. The summed E-state index contributed by atoms with van der Waals surface area (Å²) in [4.78, 5) is 0. The van der Waals surface area contributed by atoms with Crippen molar-refractivity contribution in [3.63, 3.8) is 0 Å². The van der Waals surface area contributed by atoms with Gasteiger partial charge in [-0.25, -0.2) is 0 Å². The van der Waals surface area contributed by atoms with Crippen LogP contribution in [0.3, 0.4) is 0 Å². The Bertz CT molecular complexity index is 1500. The molecular formula is C24H18B2BrNO5. The van der Waals surface area contributed by atoms with Gasteiger partial charge >= 0.3 is 0 Å². The van der Waals surface area contributed by atoms with Crippen LogP contribution in [-0.4, -0.2) is 45.8 Å². The van der Waals surface area contributed by atoms with Gasteiger partial charge < -0.3 is 30.1 Å². The van der Waals surface area contributed by atoms with Gasteiger partial charge in [0.05, 0.1) is 15.5 Å². The van der Waals surface area contributed by atoms with E-state index >= 15 is 0 Å². The third kappa shape index (κ3) is 2.89. The van der Waals surface area contributed by atoms with E-state index in [1.54, 1.807) is 20.3 Å². The van der Waals surface area contributed by atoms with E-state index in [0.717, 1.165) is 11.1 Å². The van der Waals surface area contributed by atoms with Crippen molar-refractivity contribution in [2.24, 2.45) is 0 Å². The molecule has 5 rings (SSSR count). The second kappa shape index (κ2) is 7.42. The van der Waals surface area contributed by atoms with Crippen LogP contribution >= 0.6 is 15.9 Å². The number of rotatable bonds is 2. The minimum Gasteiger partial charge on any atom is -0.505 e. The summed E-state index contributed by atoms with van der Waals surface area (Å²) >= 11 is 3.37. The number of hydrogen-bond donors (Lipinski definition) is 5. The molecule has 0 fully saturated rings. The molecule has 0 aliphatic rings. The Balaban J connectivity index is 1.95. The van der Waals surface area contributed by atoms with Crippen LogP contribution in [0.4, 0.5) is 0 Å². The highest BCUT2D eigenvalue weighted by Gasteiger charge is 2.28. The first kappa shape index (κ1) is 21.2. The predicted molar refractivity (Wildman–Crippen MR) is 139 cm³/mol. The number of aromatic hydroxyl groups is 5. The van der Waals surface area contributed by atoms with Crippen molar-refractivity contribution < 1.29 is 25.5 Å². The van der Waals surface area contributed by atoms with E-state index in [0.29, 0.717) is 32.9 Å². The number of nitrogens with zero attached hydrogens (tertiary/aromatic N) is 1. The molecule has 0 saturated carbocycles. The van der Waals surface area contributed by atoms with Crippen LogP contribution in [0.1, 0.15) is 0 Å². The molecular weight excluding hydrogens is 484 g/mol. The molecule has 0 aliphatic heterocycles. The van der Waals surface area contributed by atoms with E-state index in [-0.39, 0.29) is 21.5 Å². The van der Waals surface area contributed by atoms with Crippen LogP contribution in [0.15, 0.2) is 59.1 Å². The highest BCUT2D eigenvalue weighted by Crippen LogP contribution is 2.48. The zero-order valence-corrected chi connectivity index (χ0v) is 19.3. The van der Waals surface area contributed by atoms with Gasteiger partial charge in [-0.15, -0.1) is 0 Å². The maximum atomic E-state index is 10.9. The summed E-state index contributed by atoms with van der Waals surface area (Å²) in [6, 6.07) is 17.5. The molecule has 5 aromatic rings. The van der Waals surface area contributed by atoms with Gasteiger partial charge in [-0.3, -0.25) is 0 Å². The van der Waals surface area contributed by atoms with Gasteiger partial charge in [0, 0.05) is 16.5 Å². The molecule has 4 aromatic carbocycles.